The highest BCUT2D eigenvalue weighted by Crippen LogP contribution is 2.47. The summed E-state index contributed by atoms with van der Waals surface area (Å²) in [6.07, 6.45) is 6.67. The predicted octanol–water partition coefficient (Wildman–Crippen LogP) is 3.54. The highest BCUT2D eigenvalue weighted by atomic mass is 32.2. The third-order valence-corrected chi connectivity index (χ3v) is 9.25. The number of aryl methyl sites for hydroxylation is 1. The highest BCUT2D eigenvalue weighted by molar-refractivity contribution is 7.91. The lowest BCUT2D eigenvalue weighted by Gasteiger charge is -2.39. The summed E-state index contributed by atoms with van der Waals surface area (Å²) in [4.78, 5) is 38.0. The summed E-state index contributed by atoms with van der Waals surface area (Å²) >= 11 is 0. The van der Waals surface area contributed by atoms with Crippen LogP contribution in [0.3, 0.4) is 0 Å². The Morgan fingerprint density at radius 2 is 1.89 bits per heavy atom. The van der Waals surface area contributed by atoms with Gasteiger partial charge in [0.05, 0.1) is 28.7 Å². The van der Waals surface area contributed by atoms with Gasteiger partial charge >= 0.3 is 11.9 Å². The molecule has 0 bridgehead atoms. The lowest BCUT2D eigenvalue weighted by molar-refractivity contribution is -0.140. The van der Waals surface area contributed by atoms with E-state index in [0.29, 0.717) is 52.9 Å². The van der Waals surface area contributed by atoms with Gasteiger partial charge in [-0.15, -0.1) is 0 Å². The first-order valence-corrected chi connectivity index (χ1v) is 16.3. The number of anilines is 1. The number of fused-ring (bicyclic) bond motifs is 2. The number of rotatable bonds is 11. The summed E-state index contributed by atoms with van der Waals surface area (Å²) < 4.78 is 55.6. The molecule has 3 heterocycles. The van der Waals surface area contributed by atoms with Crippen LogP contribution in [0.2, 0.25) is 0 Å². The van der Waals surface area contributed by atoms with Gasteiger partial charge in [0, 0.05) is 62.6 Å². The molecule has 44 heavy (non-hydrogen) atoms. The van der Waals surface area contributed by atoms with Crippen LogP contribution >= 0.6 is 0 Å². The van der Waals surface area contributed by atoms with Crippen LogP contribution in [0, 0.1) is 23.5 Å². The number of nitrogens with zero attached hydrogens (tertiary/aromatic N) is 2. The van der Waals surface area contributed by atoms with Crippen molar-refractivity contribution in [1.82, 2.24) is 9.88 Å². The molecule has 10 nitrogen and oxygen atoms in total. The fourth-order valence-electron chi connectivity index (χ4n) is 6.49. The lowest BCUT2D eigenvalue weighted by Crippen LogP contribution is -2.46. The number of halogens is 2. The average Bonchev–Trinajstić information content (AvgIpc) is 3.23. The number of carbonyl (C=O) groups is 2. The van der Waals surface area contributed by atoms with Gasteiger partial charge in [-0.3, -0.25) is 14.4 Å². The number of carboxylic acids is 2. The fraction of sp³-hybridized carbons (Fsp3) is 0.387. The molecule has 234 valence electrons. The van der Waals surface area contributed by atoms with Crippen molar-refractivity contribution in [3.05, 3.63) is 87.0 Å². The molecular formula is C31H33F2N3O7S. The molecule has 0 radical (unpaired) electrons. The molecule has 3 N–H and O–H groups in total. The second-order valence-corrected chi connectivity index (χ2v) is 13.8. The fourth-order valence-corrected chi connectivity index (χ4v) is 7.29. The Hall–Kier alpha value is -4.26. The van der Waals surface area contributed by atoms with E-state index in [2.05, 4.69) is 5.32 Å². The number of hydrogen-bond donors (Lipinski definition) is 3. The number of hydrogen-bond acceptors (Lipinski definition) is 7. The van der Waals surface area contributed by atoms with Crippen LogP contribution in [-0.2, 0) is 26.5 Å². The third kappa shape index (κ3) is 6.33. The Bertz CT molecular complexity index is 1800. The number of benzene rings is 1. The van der Waals surface area contributed by atoms with Crippen molar-refractivity contribution in [1.29, 1.82) is 0 Å². The standard InChI is InChI=1S/C31H33F2N3O7S/c1-35-10-9-22-20(16-44(2,42)43)12-19-15-36(24-7-6-21(32)13-23(24)33)30-18(14-34-29(27(19)30)28(22)31(35)41)5-3-17(11-26(39)40)4-8-25(37)38/h6-7,9-10,12-13,15,17-18,30,34H,3-5,8,11,14,16H2,1-2H3,(H,37,38)(H,39,40). The highest BCUT2D eigenvalue weighted by Gasteiger charge is 2.44. The minimum absolute atomic E-state index is 0.0861. The van der Waals surface area contributed by atoms with E-state index in [0.717, 1.165) is 18.4 Å². The van der Waals surface area contributed by atoms with Crippen molar-refractivity contribution in [2.24, 2.45) is 18.9 Å². The summed E-state index contributed by atoms with van der Waals surface area (Å²) in [5.74, 6) is -4.64. The summed E-state index contributed by atoms with van der Waals surface area (Å²) in [7, 11) is -1.94. The SMILES string of the molecule is Cn1ccc2c(c1=O)C1=C3C(=CN(c4ccc(F)cc4F)C3C(CCC(CCC(=O)O)CC(=O)O)CN1)C=C2CS(C)(=O)=O. The number of sulfone groups is 1. The van der Waals surface area contributed by atoms with E-state index < -0.39 is 45.4 Å². The van der Waals surface area contributed by atoms with Gasteiger partial charge in [-0.1, -0.05) is 0 Å². The van der Waals surface area contributed by atoms with Crippen molar-refractivity contribution in [3.63, 3.8) is 0 Å². The van der Waals surface area contributed by atoms with Gasteiger partial charge in [0.25, 0.3) is 5.56 Å². The minimum Gasteiger partial charge on any atom is -0.481 e. The molecule has 0 fully saturated rings. The zero-order valence-electron chi connectivity index (χ0n) is 24.2. The number of allylic oxidation sites excluding steroid dienone is 1. The summed E-state index contributed by atoms with van der Waals surface area (Å²) in [6, 6.07) is 4.36. The van der Waals surface area contributed by atoms with Crippen LogP contribution < -0.4 is 15.8 Å². The minimum atomic E-state index is -3.53. The van der Waals surface area contributed by atoms with Gasteiger partial charge in [-0.05, 0) is 66.2 Å². The van der Waals surface area contributed by atoms with E-state index in [4.69, 9.17) is 5.11 Å². The van der Waals surface area contributed by atoms with Crippen molar-refractivity contribution in [2.75, 3.05) is 23.5 Å². The molecule has 3 unspecified atom stereocenters. The second-order valence-electron chi connectivity index (χ2n) is 11.7. The van der Waals surface area contributed by atoms with E-state index >= 15 is 4.39 Å². The molecule has 3 aliphatic rings. The smallest absolute Gasteiger partial charge is 0.303 e. The Morgan fingerprint density at radius 1 is 1.14 bits per heavy atom. The quantitative estimate of drug-likeness (QED) is 0.340. The molecule has 2 aliphatic heterocycles. The normalized spacial score (nSPS) is 19.8. The maximum atomic E-state index is 15.3. The summed E-state index contributed by atoms with van der Waals surface area (Å²) in [5, 5.41) is 22.0. The molecule has 1 aromatic heterocycles. The number of pyridine rings is 1. The maximum absolute atomic E-state index is 15.3. The van der Waals surface area contributed by atoms with E-state index in [1.54, 1.807) is 36.5 Å². The Balaban J connectivity index is 1.65. The van der Waals surface area contributed by atoms with Crippen LogP contribution in [-0.4, -0.2) is 59.7 Å². The first-order chi connectivity index (χ1) is 20.7. The summed E-state index contributed by atoms with van der Waals surface area (Å²) in [5.41, 5.74) is 2.60. The Morgan fingerprint density at radius 3 is 2.55 bits per heavy atom. The zero-order valence-corrected chi connectivity index (χ0v) is 25.0. The monoisotopic (exact) mass is 629 g/mol. The summed E-state index contributed by atoms with van der Waals surface area (Å²) in [6.45, 7) is 0.307. The average molecular weight is 630 g/mol. The Labute approximate surface area is 252 Å². The van der Waals surface area contributed by atoms with Crippen LogP contribution in [0.25, 0.3) is 11.3 Å². The van der Waals surface area contributed by atoms with E-state index in [-0.39, 0.29) is 42.2 Å². The molecule has 2 aromatic rings. The molecule has 5 rings (SSSR count). The molecule has 13 heteroatoms. The number of nitrogens with one attached hydrogen (secondary N) is 1. The van der Waals surface area contributed by atoms with E-state index in [1.807, 2.05) is 0 Å². The van der Waals surface area contributed by atoms with Gasteiger partial charge in [0.2, 0.25) is 0 Å². The maximum Gasteiger partial charge on any atom is 0.303 e. The van der Waals surface area contributed by atoms with Gasteiger partial charge < -0.3 is 25.0 Å². The zero-order chi connectivity index (χ0) is 31.9. The van der Waals surface area contributed by atoms with Crippen molar-refractivity contribution in [2.45, 2.75) is 38.1 Å². The van der Waals surface area contributed by atoms with Crippen LogP contribution in [0.1, 0.15) is 43.2 Å². The molecule has 0 amide bonds. The predicted molar refractivity (Wildman–Crippen MR) is 160 cm³/mol. The van der Waals surface area contributed by atoms with Crippen LogP contribution in [0.4, 0.5) is 14.5 Å². The lowest BCUT2D eigenvalue weighted by atomic mass is 9.80. The topological polar surface area (TPSA) is 146 Å². The molecule has 1 aliphatic carbocycles. The van der Waals surface area contributed by atoms with Crippen molar-refractivity contribution in [3.8, 4) is 0 Å². The molecule has 0 spiro atoms. The number of carboxylic acid groups (broad SMARTS) is 2. The van der Waals surface area contributed by atoms with E-state index in [9.17, 15) is 32.3 Å². The molecule has 3 atom stereocenters. The molecular weight excluding hydrogens is 596 g/mol. The van der Waals surface area contributed by atoms with Gasteiger partial charge in [-0.25, -0.2) is 17.2 Å². The van der Waals surface area contributed by atoms with E-state index in [1.165, 1.54) is 10.6 Å². The number of aliphatic carboxylic acids is 2. The molecule has 0 saturated carbocycles. The first-order valence-electron chi connectivity index (χ1n) is 14.2. The van der Waals surface area contributed by atoms with Gasteiger partial charge in [-0.2, -0.15) is 0 Å². The van der Waals surface area contributed by atoms with Crippen molar-refractivity contribution >= 4 is 38.7 Å². The van der Waals surface area contributed by atoms with Gasteiger partial charge in [0.1, 0.15) is 11.6 Å². The van der Waals surface area contributed by atoms with Crippen LogP contribution in [0.15, 0.2) is 58.7 Å². The largest absolute Gasteiger partial charge is 0.481 e. The Kier molecular flexibility index (Phi) is 8.52. The van der Waals surface area contributed by atoms with Crippen LogP contribution in [0.5, 0.6) is 0 Å². The molecule has 1 aromatic carbocycles. The van der Waals surface area contributed by atoms with Crippen molar-refractivity contribution < 1.29 is 37.0 Å². The first kappa shape index (κ1) is 31.2. The third-order valence-electron chi connectivity index (χ3n) is 8.42. The molecule has 0 saturated heterocycles. The second kappa shape index (κ2) is 12.0. The number of aromatic nitrogens is 1. The van der Waals surface area contributed by atoms with Gasteiger partial charge in [0.15, 0.2) is 9.84 Å².